The molecule has 0 aliphatic rings. The summed E-state index contributed by atoms with van der Waals surface area (Å²) in [6, 6.07) is 0. The molecule has 0 aromatic heterocycles. The Morgan fingerprint density at radius 3 is 2.62 bits per heavy atom. The second-order valence-electron chi connectivity index (χ2n) is 1.33. The Morgan fingerprint density at radius 2 is 2.25 bits per heavy atom. The van der Waals surface area contributed by atoms with Gasteiger partial charge in [-0.25, -0.2) is 0 Å². The highest BCUT2D eigenvalue weighted by atomic mass is 32.1. The predicted molar refractivity (Wildman–Crippen MR) is 42.1 cm³/mol. The first kappa shape index (κ1) is 7.57. The minimum absolute atomic E-state index is 0.933. The topological polar surface area (TPSA) is 0 Å². The Labute approximate surface area is 56.0 Å². The van der Waals surface area contributed by atoms with Crippen LogP contribution in [-0.2, 0) is 0 Å². The van der Waals surface area contributed by atoms with Gasteiger partial charge < -0.3 is 0 Å². The summed E-state index contributed by atoms with van der Waals surface area (Å²) in [6.45, 7) is 5.48. The largest absolute Gasteiger partial charge is 0.143 e. The molecule has 0 rings (SSSR count). The van der Waals surface area contributed by atoms with Gasteiger partial charge in [0.05, 0.1) is 0 Å². The monoisotopic (exact) mass is 126 g/mol. The van der Waals surface area contributed by atoms with E-state index in [0.717, 1.165) is 4.91 Å². The molecule has 8 heavy (non-hydrogen) atoms. The average Bonchev–Trinajstić information content (AvgIpc) is 1.68. The maximum atomic E-state index is 4.09. The van der Waals surface area contributed by atoms with Crippen LogP contribution in [0.5, 0.6) is 0 Å². The number of allylic oxidation sites excluding steroid dienone is 4. The summed E-state index contributed by atoms with van der Waals surface area (Å²) in [4.78, 5) is 0.933. The molecule has 0 atom stereocenters. The average molecular weight is 126 g/mol. The van der Waals surface area contributed by atoms with Crippen LogP contribution in [0.1, 0.15) is 6.92 Å². The molecule has 0 fully saturated rings. The van der Waals surface area contributed by atoms with Crippen molar-refractivity contribution in [2.45, 2.75) is 6.92 Å². The Hall–Kier alpha value is -0.430. The fourth-order valence-corrected chi connectivity index (χ4v) is 0.602. The van der Waals surface area contributed by atoms with Crippen molar-refractivity contribution < 1.29 is 0 Å². The number of hydrogen-bond acceptors (Lipinski definition) is 1. The molecule has 0 bridgehead atoms. The standard InChI is InChI=1S/C7H10S/c1-3-5-7(8)6-4-2/h3-6,8H,1H2,2H3/b6-4-,7-5+. The molecule has 0 aromatic rings. The van der Waals surface area contributed by atoms with Crippen LogP contribution in [0.2, 0.25) is 0 Å². The molecule has 0 heterocycles. The van der Waals surface area contributed by atoms with Crippen molar-refractivity contribution in [2.24, 2.45) is 0 Å². The Kier molecular flexibility index (Phi) is 4.47. The fraction of sp³-hybridized carbons (Fsp3) is 0.143. The molecular formula is C7H10S. The molecule has 0 nitrogen and oxygen atoms in total. The molecule has 0 saturated carbocycles. The van der Waals surface area contributed by atoms with Crippen molar-refractivity contribution in [3.8, 4) is 0 Å². The van der Waals surface area contributed by atoms with Gasteiger partial charge in [0.25, 0.3) is 0 Å². The molecule has 0 unspecified atom stereocenters. The molecule has 1 heteroatoms. The number of thiol groups is 1. The van der Waals surface area contributed by atoms with E-state index in [1.807, 2.05) is 25.2 Å². The van der Waals surface area contributed by atoms with Crippen molar-refractivity contribution in [3.63, 3.8) is 0 Å². The van der Waals surface area contributed by atoms with E-state index in [0.29, 0.717) is 0 Å². The summed E-state index contributed by atoms with van der Waals surface area (Å²) in [5, 5.41) is 0. The first-order valence-electron chi connectivity index (χ1n) is 2.45. The normalized spacial score (nSPS) is 12.5. The highest BCUT2D eigenvalue weighted by Crippen LogP contribution is 2.00. The summed E-state index contributed by atoms with van der Waals surface area (Å²) < 4.78 is 0. The predicted octanol–water partition coefficient (Wildman–Crippen LogP) is 2.56. The van der Waals surface area contributed by atoms with E-state index in [2.05, 4.69) is 19.2 Å². The highest BCUT2D eigenvalue weighted by Gasteiger charge is 1.72. The minimum Gasteiger partial charge on any atom is -0.143 e. The van der Waals surface area contributed by atoms with E-state index in [1.54, 1.807) is 6.08 Å². The van der Waals surface area contributed by atoms with Crippen LogP contribution in [0.15, 0.2) is 35.8 Å². The van der Waals surface area contributed by atoms with Crippen LogP contribution in [0.3, 0.4) is 0 Å². The minimum atomic E-state index is 0.933. The summed E-state index contributed by atoms with van der Waals surface area (Å²) in [7, 11) is 0. The lowest BCUT2D eigenvalue weighted by Crippen LogP contribution is -1.57. The van der Waals surface area contributed by atoms with Gasteiger partial charge in [0.2, 0.25) is 0 Å². The van der Waals surface area contributed by atoms with Crippen molar-refractivity contribution in [1.82, 2.24) is 0 Å². The number of rotatable bonds is 2. The zero-order chi connectivity index (χ0) is 6.41. The summed E-state index contributed by atoms with van der Waals surface area (Å²) in [5.41, 5.74) is 0. The van der Waals surface area contributed by atoms with Crippen molar-refractivity contribution >= 4 is 12.6 Å². The Bertz CT molecular complexity index is 120. The SMILES string of the molecule is C=C/C=C(S)\C=C/C. The zero-order valence-electron chi connectivity index (χ0n) is 4.96. The van der Waals surface area contributed by atoms with Crippen LogP contribution in [0.25, 0.3) is 0 Å². The van der Waals surface area contributed by atoms with Gasteiger partial charge in [-0.15, -0.1) is 12.6 Å². The zero-order valence-corrected chi connectivity index (χ0v) is 5.86. The number of hydrogen-bond donors (Lipinski definition) is 1. The van der Waals surface area contributed by atoms with Crippen molar-refractivity contribution in [3.05, 3.63) is 35.8 Å². The van der Waals surface area contributed by atoms with Gasteiger partial charge in [0.15, 0.2) is 0 Å². The van der Waals surface area contributed by atoms with Crippen molar-refractivity contribution in [1.29, 1.82) is 0 Å². The maximum absolute atomic E-state index is 4.09. The first-order valence-corrected chi connectivity index (χ1v) is 2.90. The lowest BCUT2D eigenvalue weighted by atomic mass is 10.4. The molecule has 0 saturated heterocycles. The van der Waals surface area contributed by atoms with Gasteiger partial charge in [0.1, 0.15) is 0 Å². The van der Waals surface area contributed by atoms with Gasteiger partial charge in [-0.1, -0.05) is 24.8 Å². The molecule has 0 amide bonds. The molecule has 0 N–H and O–H groups in total. The van der Waals surface area contributed by atoms with E-state index >= 15 is 0 Å². The molecule has 0 aliphatic heterocycles. The van der Waals surface area contributed by atoms with E-state index < -0.39 is 0 Å². The van der Waals surface area contributed by atoms with Gasteiger partial charge in [-0.3, -0.25) is 0 Å². The van der Waals surface area contributed by atoms with Gasteiger partial charge in [-0.2, -0.15) is 0 Å². The second-order valence-corrected chi connectivity index (χ2v) is 1.84. The quantitative estimate of drug-likeness (QED) is 0.426. The van der Waals surface area contributed by atoms with E-state index in [1.165, 1.54) is 0 Å². The van der Waals surface area contributed by atoms with Gasteiger partial charge in [0, 0.05) is 4.91 Å². The van der Waals surface area contributed by atoms with E-state index in [-0.39, 0.29) is 0 Å². The maximum Gasteiger partial charge on any atom is 0.00364 e. The van der Waals surface area contributed by atoms with Gasteiger partial charge in [-0.05, 0) is 13.0 Å². The third kappa shape index (κ3) is 3.75. The summed E-state index contributed by atoms with van der Waals surface area (Å²) in [6.07, 6.45) is 7.39. The van der Waals surface area contributed by atoms with Crippen LogP contribution in [0.4, 0.5) is 0 Å². The first-order chi connectivity index (χ1) is 3.81. The van der Waals surface area contributed by atoms with Crippen LogP contribution >= 0.6 is 12.6 Å². The highest BCUT2D eigenvalue weighted by molar-refractivity contribution is 7.84. The lowest BCUT2D eigenvalue weighted by Gasteiger charge is -1.81. The summed E-state index contributed by atoms with van der Waals surface area (Å²) in [5.74, 6) is 0. The Morgan fingerprint density at radius 1 is 1.62 bits per heavy atom. The molecule has 0 spiro atoms. The smallest absolute Gasteiger partial charge is 0.00364 e. The third-order valence-corrected chi connectivity index (χ3v) is 0.924. The lowest BCUT2D eigenvalue weighted by molar-refractivity contribution is 1.72. The molecule has 44 valence electrons. The molecular weight excluding hydrogens is 116 g/mol. The second kappa shape index (κ2) is 4.72. The van der Waals surface area contributed by atoms with Crippen LogP contribution in [0, 0.1) is 0 Å². The van der Waals surface area contributed by atoms with E-state index in [4.69, 9.17) is 0 Å². The summed E-state index contributed by atoms with van der Waals surface area (Å²) >= 11 is 4.09. The third-order valence-electron chi connectivity index (χ3n) is 0.626. The molecule has 0 radical (unpaired) electrons. The molecule has 0 aromatic carbocycles. The molecule has 0 aliphatic carbocycles. The van der Waals surface area contributed by atoms with Crippen molar-refractivity contribution in [2.75, 3.05) is 0 Å². The van der Waals surface area contributed by atoms with Gasteiger partial charge >= 0.3 is 0 Å². The Balaban J connectivity index is 3.79. The fourth-order valence-electron chi connectivity index (χ4n) is 0.347. The van der Waals surface area contributed by atoms with Crippen LogP contribution in [-0.4, -0.2) is 0 Å². The van der Waals surface area contributed by atoms with Crippen LogP contribution < -0.4 is 0 Å². The van der Waals surface area contributed by atoms with E-state index in [9.17, 15) is 0 Å².